The fourth-order valence-corrected chi connectivity index (χ4v) is 3.02. The Morgan fingerprint density at radius 3 is 2.30 bits per heavy atom. The Hall–Kier alpha value is -2.62. The quantitative estimate of drug-likeness (QED) is 0.810. The van der Waals surface area contributed by atoms with E-state index >= 15 is 0 Å². The summed E-state index contributed by atoms with van der Waals surface area (Å²) < 4.78 is 0. The zero-order valence-corrected chi connectivity index (χ0v) is 17.0. The van der Waals surface area contributed by atoms with Crippen molar-refractivity contribution in [1.82, 2.24) is 10.2 Å². The average molecular weight is 367 g/mol. The van der Waals surface area contributed by atoms with Crippen LogP contribution >= 0.6 is 0 Å². The van der Waals surface area contributed by atoms with Gasteiger partial charge in [-0.3, -0.25) is 9.59 Å². The third-order valence-electron chi connectivity index (χ3n) is 4.64. The summed E-state index contributed by atoms with van der Waals surface area (Å²) in [5.41, 5.74) is 4.24. The monoisotopic (exact) mass is 366 g/mol. The van der Waals surface area contributed by atoms with E-state index in [4.69, 9.17) is 0 Å². The molecule has 0 unspecified atom stereocenters. The van der Waals surface area contributed by atoms with Gasteiger partial charge in [0.1, 0.15) is 6.04 Å². The number of hydrogen-bond donors (Lipinski definition) is 1. The van der Waals surface area contributed by atoms with E-state index in [1.807, 2.05) is 76.2 Å². The lowest BCUT2D eigenvalue weighted by molar-refractivity contribution is -0.140. The molecule has 0 spiro atoms. The van der Waals surface area contributed by atoms with Gasteiger partial charge < -0.3 is 10.2 Å². The van der Waals surface area contributed by atoms with Crippen molar-refractivity contribution in [2.45, 2.75) is 59.7 Å². The van der Waals surface area contributed by atoms with E-state index in [0.29, 0.717) is 13.0 Å². The van der Waals surface area contributed by atoms with Crippen LogP contribution in [0.15, 0.2) is 48.5 Å². The highest BCUT2D eigenvalue weighted by Crippen LogP contribution is 2.16. The minimum absolute atomic E-state index is 0.0349. The number of benzene rings is 2. The fraction of sp³-hybridized carbons (Fsp3) is 0.391. The Morgan fingerprint density at radius 2 is 1.67 bits per heavy atom. The second-order valence-electron chi connectivity index (χ2n) is 7.45. The van der Waals surface area contributed by atoms with Crippen LogP contribution in [0.5, 0.6) is 0 Å². The van der Waals surface area contributed by atoms with Gasteiger partial charge in [-0.2, -0.15) is 0 Å². The van der Waals surface area contributed by atoms with Crippen molar-refractivity contribution in [3.63, 3.8) is 0 Å². The van der Waals surface area contributed by atoms with Crippen molar-refractivity contribution >= 4 is 11.8 Å². The van der Waals surface area contributed by atoms with Crippen LogP contribution in [-0.2, 0) is 22.6 Å². The maximum Gasteiger partial charge on any atom is 0.242 e. The molecular weight excluding hydrogens is 336 g/mol. The molecule has 27 heavy (non-hydrogen) atoms. The van der Waals surface area contributed by atoms with Crippen LogP contribution in [0.2, 0.25) is 0 Å². The molecule has 2 amide bonds. The predicted molar refractivity (Wildman–Crippen MR) is 109 cm³/mol. The molecule has 0 saturated carbocycles. The molecule has 144 valence electrons. The van der Waals surface area contributed by atoms with Gasteiger partial charge in [-0.15, -0.1) is 0 Å². The largest absolute Gasteiger partial charge is 0.352 e. The van der Waals surface area contributed by atoms with Crippen molar-refractivity contribution < 1.29 is 9.59 Å². The molecule has 0 bridgehead atoms. The van der Waals surface area contributed by atoms with Crippen molar-refractivity contribution in [2.24, 2.45) is 0 Å². The minimum Gasteiger partial charge on any atom is -0.352 e. The van der Waals surface area contributed by atoms with Gasteiger partial charge in [0.2, 0.25) is 11.8 Å². The Bertz CT molecular complexity index is 784. The van der Waals surface area contributed by atoms with Crippen LogP contribution < -0.4 is 5.32 Å². The summed E-state index contributed by atoms with van der Waals surface area (Å²) in [7, 11) is 0. The summed E-state index contributed by atoms with van der Waals surface area (Å²) in [6.07, 6.45) is 0.291. The van der Waals surface area contributed by atoms with Crippen LogP contribution in [0, 0.1) is 13.8 Å². The second-order valence-corrected chi connectivity index (χ2v) is 7.45. The third-order valence-corrected chi connectivity index (χ3v) is 4.64. The molecule has 0 heterocycles. The number of rotatable bonds is 7. The van der Waals surface area contributed by atoms with Crippen LogP contribution in [0.25, 0.3) is 0 Å². The lowest BCUT2D eigenvalue weighted by Gasteiger charge is -2.29. The molecule has 0 fully saturated rings. The number of aryl methyl sites for hydroxylation is 2. The van der Waals surface area contributed by atoms with E-state index in [1.54, 1.807) is 11.8 Å². The second kappa shape index (κ2) is 9.36. The fourth-order valence-electron chi connectivity index (χ4n) is 3.02. The lowest BCUT2D eigenvalue weighted by atomic mass is 10.0. The highest BCUT2D eigenvalue weighted by atomic mass is 16.2. The molecule has 4 heteroatoms. The van der Waals surface area contributed by atoms with E-state index in [1.165, 1.54) is 0 Å². The Morgan fingerprint density at radius 1 is 1.00 bits per heavy atom. The van der Waals surface area contributed by atoms with Gasteiger partial charge in [0, 0.05) is 12.6 Å². The molecule has 0 saturated heterocycles. The summed E-state index contributed by atoms with van der Waals surface area (Å²) in [5.74, 6) is -0.172. The SMILES string of the molecule is Cc1ccc(C)c(CC(=O)N(Cc2ccccc2)[C@@H](C)C(=O)NC(C)C)c1. The van der Waals surface area contributed by atoms with Gasteiger partial charge in [-0.25, -0.2) is 0 Å². The first-order valence-corrected chi connectivity index (χ1v) is 9.48. The highest BCUT2D eigenvalue weighted by Gasteiger charge is 2.26. The molecule has 0 aromatic heterocycles. The number of nitrogens with one attached hydrogen (secondary N) is 1. The molecule has 1 N–H and O–H groups in total. The van der Waals surface area contributed by atoms with Gasteiger partial charge in [-0.05, 0) is 51.3 Å². The van der Waals surface area contributed by atoms with E-state index in [2.05, 4.69) is 5.32 Å². The number of nitrogens with zero attached hydrogens (tertiary/aromatic N) is 1. The first kappa shape index (κ1) is 20.7. The van der Waals surface area contributed by atoms with E-state index in [-0.39, 0.29) is 17.9 Å². The summed E-state index contributed by atoms with van der Waals surface area (Å²) >= 11 is 0. The van der Waals surface area contributed by atoms with Crippen LogP contribution in [0.4, 0.5) is 0 Å². The normalized spacial score (nSPS) is 11.9. The summed E-state index contributed by atoms with van der Waals surface area (Å²) in [6.45, 7) is 10.1. The summed E-state index contributed by atoms with van der Waals surface area (Å²) in [6, 6.07) is 15.4. The molecule has 0 aliphatic carbocycles. The molecule has 2 rings (SSSR count). The van der Waals surface area contributed by atoms with E-state index in [9.17, 15) is 9.59 Å². The van der Waals surface area contributed by atoms with Gasteiger partial charge in [0.25, 0.3) is 0 Å². The molecule has 1 atom stereocenters. The maximum absolute atomic E-state index is 13.2. The standard InChI is InChI=1S/C23H30N2O2/c1-16(2)24-23(27)19(5)25(15-20-9-7-6-8-10-20)22(26)14-21-13-17(3)11-12-18(21)4/h6-13,16,19H,14-15H2,1-5H3,(H,24,27)/t19-/m0/s1. The van der Waals surface area contributed by atoms with E-state index in [0.717, 1.165) is 22.3 Å². The van der Waals surface area contributed by atoms with E-state index < -0.39 is 6.04 Å². The Balaban J connectivity index is 2.25. The maximum atomic E-state index is 13.2. The molecular formula is C23H30N2O2. The highest BCUT2D eigenvalue weighted by molar-refractivity contribution is 5.88. The predicted octanol–water partition coefficient (Wildman–Crippen LogP) is 3.79. The van der Waals surface area contributed by atoms with Gasteiger partial charge in [-0.1, -0.05) is 54.1 Å². The molecule has 2 aromatic carbocycles. The number of hydrogen-bond acceptors (Lipinski definition) is 2. The Labute approximate surface area is 162 Å². The molecule has 2 aromatic rings. The molecule has 4 nitrogen and oxygen atoms in total. The van der Waals surface area contributed by atoms with Crippen LogP contribution in [-0.4, -0.2) is 28.8 Å². The Kier molecular flexibility index (Phi) is 7.17. The van der Waals surface area contributed by atoms with Crippen LogP contribution in [0.3, 0.4) is 0 Å². The molecule has 0 aliphatic heterocycles. The lowest BCUT2D eigenvalue weighted by Crippen LogP contribution is -2.49. The summed E-state index contributed by atoms with van der Waals surface area (Å²) in [5, 5.41) is 2.92. The zero-order chi connectivity index (χ0) is 20.0. The smallest absolute Gasteiger partial charge is 0.242 e. The van der Waals surface area contributed by atoms with Crippen molar-refractivity contribution in [1.29, 1.82) is 0 Å². The number of carbonyl (C=O) groups excluding carboxylic acids is 2. The number of amides is 2. The first-order valence-electron chi connectivity index (χ1n) is 9.48. The number of carbonyl (C=O) groups is 2. The van der Waals surface area contributed by atoms with Gasteiger partial charge in [0.05, 0.1) is 6.42 Å². The van der Waals surface area contributed by atoms with Gasteiger partial charge >= 0.3 is 0 Å². The van der Waals surface area contributed by atoms with Crippen molar-refractivity contribution in [3.05, 3.63) is 70.8 Å². The molecule has 0 aliphatic rings. The topological polar surface area (TPSA) is 49.4 Å². The van der Waals surface area contributed by atoms with Crippen molar-refractivity contribution in [2.75, 3.05) is 0 Å². The third kappa shape index (κ3) is 5.95. The first-order chi connectivity index (χ1) is 12.8. The summed E-state index contributed by atoms with van der Waals surface area (Å²) in [4.78, 5) is 27.4. The van der Waals surface area contributed by atoms with Gasteiger partial charge in [0.15, 0.2) is 0 Å². The van der Waals surface area contributed by atoms with Crippen LogP contribution in [0.1, 0.15) is 43.0 Å². The molecule has 0 radical (unpaired) electrons. The van der Waals surface area contributed by atoms with Crippen molar-refractivity contribution in [3.8, 4) is 0 Å². The average Bonchev–Trinajstić information content (AvgIpc) is 2.62. The minimum atomic E-state index is -0.537. The zero-order valence-electron chi connectivity index (χ0n) is 17.0.